The smallest absolute Gasteiger partial charge is 0.336 e. The van der Waals surface area contributed by atoms with Gasteiger partial charge in [0.25, 0.3) is 0 Å². The molecule has 6 N–H and O–H groups in total. The van der Waals surface area contributed by atoms with Gasteiger partial charge in [0, 0.05) is 35.7 Å². The zero-order valence-electron chi connectivity index (χ0n) is 21.5. The van der Waals surface area contributed by atoms with Crippen LogP contribution < -0.4 is 10.6 Å². The third-order valence-electron chi connectivity index (χ3n) is 6.23. The SMILES string of the molecule is O=C1CC(Nc2cc(N=Cc3ccc(O)cc3O)c(N=Cc3ccc(O)cc3O)cc2NC2CC(=O)OC2=O)C(=O)O1. The molecule has 2 saturated heterocycles. The highest BCUT2D eigenvalue weighted by molar-refractivity contribution is 6.01. The monoisotopic (exact) mass is 574 g/mol. The van der Waals surface area contributed by atoms with Crippen LogP contribution in [0.1, 0.15) is 24.0 Å². The molecule has 2 heterocycles. The molecule has 14 heteroatoms. The molecular formula is C28H22N4O10. The Morgan fingerprint density at radius 3 is 1.38 bits per heavy atom. The minimum atomic E-state index is -1.06. The fraction of sp³-hybridized carbons (Fsp3) is 0.143. The number of nitrogens with zero attached hydrogens (tertiary/aromatic N) is 2. The molecule has 42 heavy (non-hydrogen) atoms. The van der Waals surface area contributed by atoms with E-state index in [0.717, 1.165) is 12.1 Å². The van der Waals surface area contributed by atoms with E-state index in [2.05, 4.69) is 30.1 Å². The molecule has 0 aliphatic carbocycles. The summed E-state index contributed by atoms with van der Waals surface area (Å²) in [5, 5.41) is 45.3. The third-order valence-corrected chi connectivity index (χ3v) is 6.23. The van der Waals surface area contributed by atoms with Gasteiger partial charge >= 0.3 is 23.9 Å². The van der Waals surface area contributed by atoms with Crippen LogP contribution in [0.15, 0.2) is 58.5 Å². The fourth-order valence-electron chi connectivity index (χ4n) is 4.13. The van der Waals surface area contributed by atoms with E-state index in [-0.39, 0.29) is 69.7 Å². The third kappa shape index (κ3) is 6.12. The van der Waals surface area contributed by atoms with Gasteiger partial charge in [0.1, 0.15) is 35.1 Å². The second-order valence-electron chi connectivity index (χ2n) is 9.28. The van der Waals surface area contributed by atoms with Crippen LogP contribution in [0.5, 0.6) is 23.0 Å². The van der Waals surface area contributed by atoms with Crippen LogP contribution in [0, 0.1) is 0 Å². The van der Waals surface area contributed by atoms with Crippen molar-refractivity contribution in [3.05, 3.63) is 59.7 Å². The predicted molar refractivity (Wildman–Crippen MR) is 147 cm³/mol. The van der Waals surface area contributed by atoms with E-state index in [4.69, 9.17) is 0 Å². The maximum Gasteiger partial charge on any atom is 0.336 e. The molecule has 5 rings (SSSR count). The van der Waals surface area contributed by atoms with Crippen molar-refractivity contribution >= 4 is 59.1 Å². The van der Waals surface area contributed by atoms with Gasteiger partial charge in [-0.1, -0.05) is 0 Å². The summed E-state index contributed by atoms with van der Waals surface area (Å²) < 4.78 is 9.23. The molecule has 2 atom stereocenters. The van der Waals surface area contributed by atoms with E-state index >= 15 is 0 Å². The molecule has 214 valence electrons. The van der Waals surface area contributed by atoms with Crippen LogP contribution in [0.25, 0.3) is 0 Å². The quantitative estimate of drug-likeness (QED) is 0.130. The van der Waals surface area contributed by atoms with Crippen molar-refractivity contribution in [2.75, 3.05) is 10.6 Å². The van der Waals surface area contributed by atoms with Crippen molar-refractivity contribution < 1.29 is 49.1 Å². The van der Waals surface area contributed by atoms with Gasteiger partial charge in [0.2, 0.25) is 0 Å². The molecule has 0 aromatic heterocycles. The van der Waals surface area contributed by atoms with Gasteiger partial charge in [0.15, 0.2) is 0 Å². The number of aliphatic imine (C=N–C) groups is 2. The first kappa shape index (κ1) is 27.6. The van der Waals surface area contributed by atoms with Crippen LogP contribution in [-0.2, 0) is 28.7 Å². The molecule has 0 bridgehead atoms. The summed E-state index contributed by atoms with van der Waals surface area (Å²) in [5.41, 5.74) is 1.18. The number of phenolic OH excluding ortho intramolecular Hbond substituents is 4. The van der Waals surface area contributed by atoms with Crippen molar-refractivity contribution in [3.63, 3.8) is 0 Å². The largest absolute Gasteiger partial charge is 0.508 e. The number of phenols is 4. The van der Waals surface area contributed by atoms with Crippen LogP contribution in [0.4, 0.5) is 22.7 Å². The Morgan fingerprint density at radius 1 is 0.643 bits per heavy atom. The summed E-state index contributed by atoms with van der Waals surface area (Å²) in [6.45, 7) is 0. The second kappa shape index (κ2) is 11.3. The number of nitrogens with one attached hydrogen (secondary N) is 2. The van der Waals surface area contributed by atoms with Crippen molar-refractivity contribution in [2.24, 2.45) is 9.98 Å². The van der Waals surface area contributed by atoms with Crippen LogP contribution in [0.3, 0.4) is 0 Å². The number of esters is 4. The van der Waals surface area contributed by atoms with E-state index in [1.807, 2.05) is 0 Å². The Balaban J connectivity index is 1.60. The average Bonchev–Trinajstić information content (AvgIpc) is 3.41. The number of carbonyl (C=O) groups is 4. The number of aromatic hydroxyl groups is 4. The highest BCUT2D eigenvalue weighted by Crippen LogP contribution is 2.39. The summed E-state index contributed by atoms with van der Waals surface area (Å²) >= 11 is 0. The Kier molecular flexibility index (Phi) is 7.43. The Morgan fingerprint density at radius 2 is 1.05 bits per heavy atom. The zero-order valence-corrected chi connectivity index (χ0v) is 21.5. The number of carbonyl (C=O) groups excluding carboxylic acids is 4. The van der Waals surface area contributed by atoms with Crippen LogP contribution >= 0.6 is 0 Å². The molecule has 2 unspecified atom stereocenters. The van der Waals surface area contributed by atoms with Gasteiger partial charge in [-0.3, -0.25) is 19.6 Å². The van der Waals surface area contributed by atoms with Crippen molar-refractivity contribution in [3.8, 4) is 23.0 Å². The lowest BCUT2D eigenvalue weighted by molar-refractivity contribution is -0.154. The second-order valence-corrected chi connectivity index (χ2v) is 9.28. The summed E-state index contributed by atoms with van der Waals surface area (Å²) in [7, 11) is 0. The van der Waals surface area contributed by atoms with Crippen molar-refractivity contribution in [1.82, 2.24) is 0 Å². The van der Waals surface area contributed by atoms with E-state index < -0.39 is 36.0 Å². The van der Waals surface area contributed by atoms with E-state index in [1.165, 1.54) is 48.8 Å². The molecular weight excluding hydrogens is 552 g/mol. The number of cyclic esters (lactones) is 4. The molecule has 2 fully saturated rings. The summed E-state index contributed by atoms with van der Waals surface area (Å²) in [5.74, 6) is -3.92. The number of ether oxygens (including phenoxy) is 2. The van der Waals surface area contributed by atoms with Crippen molar-refractivity contribution in [2.45, 2.75) is 24.9 Å². The maximum absolute atomic E-state index is 12.2. The predicted octanol–water partition coefficient (Wildman–Crippen LogP) is 2.52. The molecule has 2 aliphatic heterocycles. The van der Waals surface area contributed by atoms with Crippen molar-refractivity contribution in [1.29, 1.82) is 0 Å². The molecule has 0 amide bonds. The number of hydrogen-bond donors (Lipinski definition) is 6. The minimum absolute atomic E-state index is 0.160. The van der Waals surface area contributed by atoms with Gasteiger partial charge < -0.3 is 40.5 Å². The van der Waals surface area contributed by atoms with Gasteiger partial charge in [-0.05, 0) is 36.4 Å². The first-order valence-electron chi connectivity index (χ1n) is 12.4. The summed E-state index contributed by atoms with van der Waals surface area (Å²) in [6.07, 6.45) is 2.06. The minimum Gasteiger partial charge on any atom is -0.508 e. The number of hydrogen-bond acceptors (Lipinski definition) is 14. The van der Waals surface area contributed by atoms with Crippen LogP contribution in [0.2, 0.25) is 0 Å². The number of rotatable bonds is 8. The molecule has 2 aliphatic rings. The first-order chi connectivity index (χ1) is 20.0. The highest BCUT2D eigenvalue weighted by Gasteiger charge is 2.36. The Labute approximate surface area is 236 Å². The van der Waals surface area contributed by atoms with E-state index in [1.54, 1.807) is 0 Å². The first-order valence-corrected chi connectivity index (χ1v) is 12.4. The average molecular weight is 575 g/mol. The van der Waals surface area contributed by atoms with Crippen LogP contribution in [-0.4, -0.2) is 68.8 Å². The molecule has 0 saturated carbocycles. The number of anilines is 2. The lowest BCUT2D eigenvalue weighted by Crippen LogP contribution is -2.28. The molecule has 3 aromatic carbocycles. The topological polar surface area (TPSA) is 216 Å². The molecule has 0 radical (unpaired) electrons. The summed E-state index contributed by atoms with van der Waals surface area (Å²) in [6, 6.07) is 8.55. The van der Waals surface area contributed by atoms with Gasteiger partial charge in [-0.25, -0.2) is 9.59 Å². The zero-order chi connectivity index (χ0) is 30.0. The lowest BCUT2D eigenvalue weighted by Gasteiger charge is -2.19. The van der Waals surface area contributed by atoms with E-state index in [0.29, 0.717) is 0 Å². The number of benzene rings is 3. The molecule has 0 spiro atoms. The highest BCUT2D eigenvalue weighted by atomic mass is 16.6. The summed E-state index contributed by atoms with van der Waals surface area (Å²) in [4.78, 5) is 56.6. The standard InChI is InChI=1S/C28H22N4O10/c33-15-3-1-13(23(35)5-15)11-29-17-7-19(31-21-9-25(37)41-27(21)39)20(32-22-10-26(38)42-28(22)40)8-18(17)30-12-14-2-4-16(34)6-24(14)36/h1-8,11-12,21-22,31-36H,9-10H2. The normalized spacial score (nSPS) is 18.6. The maximum atomic E-state index is 12.2. The Hall–Kier alpha value is -5.92. The fourth-order valence-corrected chi connectivity index (χ4v) is 4.13. The molecule has 3 aromatic rings. The van der Waals surface area contributed by atoms with E-state index in [9.17, 15) is 39.6 Å². The Bertz CT molecular complexity index is 1560. The van der Waals surface area contributed by atoms with Gasteiger partial charge in [-0.2, -0.15) is 0 Å². The van der Waals surface area contributed by atoms with Gasteiger partial charge in [-0.15, -0.1) is 0 Å². The lowest BCUT2D eigenvalue weighted by atomic mass is 10.1. The molecule has 14 nitrogen and oxygen atoms in total. The van der Waals surface area contributed by atoms with Gasteiger partial charge in [0.05, 0.1) is 35.6 Å².